The molecule has 0 amide bonds. The van der Waals surface area contributed by atoms with Gasteiger partial charge in [-0.2, -0.15) is 0 Å². The SMILES string of the molecule is COC[C@]12CC[C@@](C)(O)C[C@H]1CC[C@H]1[C@@H]3CC[C@H](C(=O)Cn4nnc5ccc(OC)cc54)[C@@]3(C)CC[C@@H]12. The molecule has 4 saturated carbocycles. The van der Waals surface area contributed by atoms with E-state index in [9.17, 15) is 9.90 Å². The summed E-state index contributed by atoms with van der Waals surface area (Å²) in [6.07, 6.45) is 9.65. The number of carbonyl (C=O) groups is 1. The van der Waals surface area contributed by atoms with E-state index in [0.29, 0.717) is 29.5 Å². The summed E-state index contributed by atoms with van der Waals surface area (Å²) in [6.45, 7) is 5.51. The van der Waals surface area contributed by atoms with Gasteiger partial charge in [0.2, 0.25) is 0 Å². The summed E-state index contributed by atoms with van der Waals surface area (Å²) < 4.78 is 13.1. The summed E-state index contributed by atoms with van der Waals surface area (Å²) >= 11 is 0. The molecule has 37 heavy (non-hydrogen) atoms. The topological polar surface area (TPSA) is 86.5 Å². The third-order valence-electron chi connectivity index (χ3n) is 11.5. The van der Waals surface area contributed by atoms with Crippen molar-refractivity contribution >= 4 is 16.8 Å². The highest BCUT2D eigenvalue weighted by molar-refractivity contribution is 5.84. The Labute approximate surface area is 220 Å². The number of Topliss-reactive ketones (excluding diaryl/α,β-unsaturated/α-hetero) is 1. The number of methoxy groups -OCH3 is 2. The Balaban J connectivity index is 1.23. The van der Waals surface area contributed by atoms with Crippen molar-refractivity contribution in [1.82, 2.24) is 15.0 Å². The number of benzene rings is 1. The van der Waals surface area contributed by atoms with Gasteiger partial charge in [-0.15, -0.1) is 5.10 Å². The lowest BCUT2D eigenvalue weighted by atomic mass is 9.43. The van der Waals surface area contributed by atoms with Gasteiger partial charge in [0, 0.05) is 19.1 Å². The van der Waals surface area contributed by atoms with E-state index in [-0.39, 0.29) is 23.3 Å². The van der Waals surface area contributed by atoms with Crippen molar-refractivity contribution in [3.63, 3.8) is 0 Å². The lowest BCUT2D eigenvalue weighted by Gasteiger charge is -2.62. The van der Waals surface area contributed by atoms with Gasteiger partial charge in [0.1, 0.15) is 17.8 Å². The van der Waals surface area contributed by atoms with Crippen LogP contribution in [0.3, 0.4) is 0 Å². The minimum Gasteiger partial charge on any atom is -0.497 e. The maximum Gasteiger partial charge on any atom is 0.157 e. The van der Waals surface area contributed by atoms with E-state index in [1.54, 1.807) is 11.8 Å². The zero-order chi connectivity index (χ0) is 26.0. The van der Waals surface area contributed by atoms with Gasteiger partial charge in [-0.3, -0.25) is 4.79 Å². The number of hydrogen-bond donors (Lipinski definition) is 1. The molecule has 0 saturated heterocycles. The van der Waals surface area contributed by atoms with Crippen LogP contribution < -0.4 is 4.74 Å². The predicted octanol–water partition coefficient (Wildman–Crippen LogP) is 5.05. The lowest BCUT2D eigenvalue weighted by Crippen LogP contribution is -2.58. The minimum atomic E-state index is -0.543. The Morgan fingerprint density at radius 1 is 1.08 bits per heavy atom. The largest absolute Gasteiger partial charge is 0.497 e. The second kappa shape index (κ2) is 9.04. The van der Waals surface area contributed by atoms with Crippen molar-refractivity contribution in [2.75, 3.05) is 20.8 Å². The summed E-state index contributed by atoms with van der Waals surface area (Å²) in [4.78, 5) is 13.8. The first-order valence-electron chi connectivity index (χ1n) is 14.3. The van der Waals surface area contributed by atoms with Gasteiger partial charge in [-0.1, -0.05) is 12.1 Å². The summed E-state index contributed by atoms with van der Waals surface area (Å²) in [5.41, 5.74) is 1.33. The Kier molecular flexibility index (Phi) is 6.18. The number of rotatable bonds is 6. The molecule has 7 nitrogen and oxygen atoms in total. The number of nitrogens with zero attached hydrogens (tertiary/aromatic N) is 3. The van der Waals surface area contributed by atoms with Gasteiger partial charge >= 0.3 is 0 Å². The Morgan fingerprint density at radius 3 is 2.70 bits per heavy atom. The fourth-order valence-corrected chi connectivity index (χ4v) is 9.76. The highest BCUT2D eigenvalue weighted by Crippen LogP contribution is 2.68. The predicted molar refractivity (Wildman–Crippen MR) is 141 cm³/mol. The standard InChI is InChI=1S/C30H43N3O4/c1-28(35)13-14-30(18-36-3)19(16-28)5-7-21-22-8-9-24(29(22,2)12-11-23(21)30)27(34)17-33-26-15-20(37-4)6-10-25(26)31-32-33/h6,10,15,19,21-24,35H,5,7-9,11-14,16-18H2,1-4H3/t19-,21+,22+,23+,24-,28-,29+,30-/m1/s1. The number of aromatic nitrogens is 3. The van der Waals surface area contributed by atoms with Crippen LogP contribution in [0.2, 0.25) is 0 Å². The second-order valence-electron chi connectivity index (χ2n) is 13.3. The van der Waals surface area contributed by atoms with E-state index in [1.807, 2.05) is 32.2 Å². The first-order valence-corrected chi connectivity index (χ1v) is 14.3. The summed E-state index contributed by atoms with van der Waals surface area (Å²) in [5, 5.41) is 19.5. The summed E-state index contributed by atoms with van der Waals surface area (Å²) in [5.74, 6) is 3.55. The monoisotopic (exact) mass is 509 g/mol. The van der Waals surface area contributed by atoms with Gasteiger partial charge < -0.3 is 14.6 Å². The maximum absolute atomic E-state index is 13.8. The van der Waals surface area contributed by atoms with Crippen LogP contribution in [0.25, 0.3) is 11.0 Å². The molecule has 4 fully saturated rings. The molecule has 4 aliphatic rings. The number of ether oxygens (including phenoxy) is 2. The van der Waals surface area contributed by atoms with Crippen LogP contribution in [-0.4, -0.2) is 52.3 Å². The van der Waals surface area contributed by atoms with Gasteiger partial charge in [0.15, 0.2) is 5.78 Å². The fraction of sp³-hybridized carbons (Fsp3) is 0.767. The van der Waals surface area contributed by atoms with E-state index < -0.39 is 5.60 Å². The van der Waals surface area contributed by atoms with E-state index >= 15 is 0 Å². The van der Waals surface area contributed by atoms with E-state index in [4.69, 9.17) is 9.47 Å². The van der Waals surface area contributed by atoms with Crippen molar-refractivity contribution in [2.45, 2.75) is 83.8 Å². The third kappa shape index (κ3) is 3.94. The Bertz CT molecular complexity index is 1180. The van der Waals surface area contributed by atoms with Crippen LogP contribution in [0.5, 0.6) is 5.75 Å². The number of ketones is 1. The van der Waals surface area contributed by atoms with Crippen molar-refractivity contribution in [3.8, 4) is 5.75 Å². The van der Waals surface area contributed by atoms with Crippen LogP contribution in [-0.2, 0) is 16.1 Å². The van der Waals surface area contributed by atoms with Gasteiger partial charge in [0.25, 0.3) is 0 Å². The summed E-state index contributed by atoms with van der Waals surface area (Å²) in [7, 11) is 3.50. The molecule has 1 aromatic heterocycles. The molecule has 0 spiro atoms. The molecule has 202 valence electrons. The summed E-state index contributed by atoms with van der Waals surface area (Å²) in [6, 6.07) is 5.69. The average molecular weight is 510 g/mol. The molecule has 0 unspecified atom stereocenters. The van der Waals surface area contributed by atoms with Crippen LogP contribution in [0.4, 0.5) is 0 Å². The third-order valence-corrected chi connectivity index (χ3v) is 11.5. The quantitative estimate of drug-likeness (QED) is 0.587. The Morgan fingerprint density at radius 2 is 1.92 bits per heavy atom. The van der Waals surface area contributed by atoms with Crippen molar-refractivity contribution in [3.05, 3.63) is 18.2 Å². The second-order valence-corrected chi connectivity index (χ2v) is 13.3. The Hall–Kier alpha value is -1.99. The average Bonchev–Trinajstić information content (AvgIpc) is 3.44. The molecule has 1 heterocycles. The molecule has 2 aromatic rings. The van der Waals surface area contributed by atoms with Crippen molar-refractivity contribution in [2.24, 2.45) is 40.4 Å². The molecule has 7 heteroatoms. The number of carbonyl (C=O) groups excluding carboxylic acids is 1. The lowest BCUT2D eigenvalue weighted by molar-refractivity contribution is -0.175. The van der Waals surface area contributed by atoms with Gasteiger partial charge in [0.05, 0.1) is 24.8 Å². The molecule has 1 N–H and O–H groups in total. The minimum absolute atomic E-state index is 0.0492. The first kappa shape index (κ1) is 25.3. The zero-order valence-electron chi connectivity index (χ0n) is 22.9. The van der Waals surface area contributed by atoms with Crippen molar-refractivity contribution in [1.29, 1.82) is 0 Å². The molecule has 0 aliphatic heterocycles. The van der Waals surface area contributed by atoms with Crippen LogP contribution in [0, 0.1) is 40.4 Å². The molecular formula is C30H43N3O4. The molecule has 6 rings (SSSR count). The molecule has 8 atom stereocenters. The molecule has 4 aliphatic carbocycles. The molecule has 0 radical (unpaired) electrons. The van der Waals surface area contributed by atoms with Gasteiger partial charge in [-0.25, -0.2) is 4.68 Å². The maximum atomic E-state index is 13.8. The van der Waals surface area contributed by atoms with Crippen LogP contribution in [0.1, 0.15) is 71.6 Å². The van der Waals surface area contributed by atoms with E-state index in [2.05, 4.69) is 17.2 Å². The van der Waals surface area contributed by atoms with Crippen molar-refractivity contribution < 1.29 is 19.4 Å². The highest BCUT2D eigenvalue weighted by atomic mass is 16.5. The molecular weight excluding hydrogens is 466 g/mol. The molecule has 0 bridgehead atoms. The number of hydrogen-bond acceptors (Lipinski definition) is 6. The molecule has 1 aromatic carbocycles. The smallest absolute Gasteiger partial charge is 0.157 e. The van der Waals surface area contributed by atoms with Crippen LogP contribution >= 0.6 is 0 Å². The normalized spacial score (nSPS) is 41.2. The van der Waals surface area contributed by atoms with E-state index in [0.717, 1.165) is 61.9 Å². The zero-order valence-corrected chi connectivity index (χ0v) is 22.9. The van der Waals surface area contributed by atoms with Crippen LogP contribution in [0.15, 0.2) is 18.2 Å². The fourth-order valence-electron chi connectivity index (χ4n) is 9.76. The first-order chi connectivity index (χ1) is 17.7. The van der Waals surface area contributed by atoms with Gasteiger partial charge in [-0.05, 0) is 111 Å². The highest BCUT2D eigenvalue weighted by Gasteiger charge is 2.63. The number of aliphatic hydroxyl groups is 1. The van der Waals surface area contributed by atoms with E-state index in [1.165, 1.54) is 19.3 Å². The number of fused-ring (bicyclic) bond motifs is 6.